The molecule has 0 bridgehead atoms. The number of rotatable bonds is 6. The van der Waals surface area contributed by atoms with Crippen molar-refractivity contribution in [2.75, 3.05) is 25.4 Å². The van der Waals surface area contributed by atoms with E-state index >= 15 is 0 Å². The number of aromatic nitrogens is 1. The van der Waals surface area contributed by atoms with Crippen LogP contribution in [0.1, 0.15) is 34.8 Å². The fourth-order valence-electron chi connectivity index (χ4n) is 3.58. The number of amides is 1. The topological polar surface area (TPSA) is 129 Å². The summed E-state index contributed by atoms with van der Waals surface area (Å²) in [7, 11) is 0. The maximum atomic E-state index is 12.3. The van der Waals surface area contributed by atoms with Gasteiger partial charge in [0.25, 0.3) is 11.5 Å². The number of carboxylic acids is 1. The summed E-state index contributed by atoms with van der Waals surface area (Å²) in [5, 5.41) is 12.5. The zero-order chi connectivity index (χ0) is 21.0. The van der Waals surface area contributed by atoms with Gasteiger partial charge in [0.2, 0.25) is 0 Å². The molecule has 1 aromatic heterocycles. The van der Waals surface area contributed by atoms with Crippen molar-refractivity contribution >= 4 is 29.3 Å². The Balaban J connectivity index is 1.56. The summed E-state index contributed by atoms with van der Waals surface area (Å²) in [5.74, 6) is -1.17. The van der Waals surface area contributed by atoms with Gasteiger partial charge < -0.3 is 21.1 Å². The number of H-pyrrole nitrogens is 1. The lowest BCUT2D eigenvalue weighted by Gasteiger charge is -2.35. The largest absolute Gasteiger partial charge is 0.480 e. The second-order valence-electron chi connectivity index (χ2n) is 7.11. The van der Waals surface area contributed by atoms with Gasteiger partial charge in [0.05, 0.1) is 5.02 Å². The molecule has 1 aromatic carbocycles. The molecular formula is C20H23ClN4O4. The number of carboxylic acid groups (broad SMARTS) is 1. The number of pyridine rings is 1. The molecule has 5 N–H and O–H groups in total. The Hall–Kier alpha value is -2.84. The van der Waals surface area contributed by atoms with Crippen LogP contribution in [0.5, 0.6) is 0 Å². The molecule has 0 spiro atoms. The van der Waals surface area contributed by atoms with E-state index in [1.807, 2.05) is 35.2 Å². The van der Waals surface area contributed by atoms with Crippen LogP contribution in [-0.2, 0) is 4.79 Å². The third-order valence-corrected chi connectivity index (χ3v) is 5.49. The van der Waals surface area contributed by atoms with E-state index in [2.05, 4.69) is 10.3 Å². The van der Waals surface area contributed by atoms with Crippen molar-refractivity contribution in [2.45, 2.75) is 18.9 Å². The van der Waals surface area contributed by atoms with E-state index in [0.717, 1.165) is 18.4 Å². The molecule has 2 heterocycles. The van der Waals surface area contributed by atoms with Crippen LogP contribution in [-0.4, -0.2) is 46.5 Å². The summed E-state index contributed by atoms with van der Waals surface area (Å²) in [5.41, 5.74) is 5.59. The first kappa shape index (κ1) is 20.9. The number of benzene rings is 1. The first-order chi connectivity index (χ1) is 13.9. The summed E-state index contributed by atoms with van der Waals surface area (Å²) in [4.78, 5) is 40.3. The predicted molar refractivity (Wildman–Crippen MR) is 110 cm³/mol. The molecule has 154 valence electrons. The number of anilines is 1. The second-order valence-corrected chi connectivity index (χ2v) is 7.52. The van der Waals surface area contributed by atoms with Crippen LogP contribution in [0.2, 0.25) is 5.02 Å². The van der Waals surface area contributed by atoms with Gasteiger partial charge in [-0.15, -0.1) is 0 Å². The molecule has 1 aliphatic heterocycles. The Bertz CT molecular complexity index is 939. The average molecular weight is 419 g/mol. The number of nitrogens with two attached hydrogens (primary N) is 1. The molecule has 29 heavy (non-hydrogen) atoms. The molecule has 1 unspecified atom stereocenters. The molecule has 9 heteroatoms. The highest BCUT2D eigenvalue weighted by Crippen LogP contribution is 2.27. The van der Waals surface area contributed by atoms with Gasteiger partial charge in [-0.05, 0) is 43.5 Å². The lowest BCUT2D eigenvalue weighted by Crippen LogP contribution is -2.43. The number of hydrogen-bond donors (Lipinski definition) is 4. The minimum atomic E-state index is -0.873. The summed E-state index contributed by atoms with van der Waals surface area (Å²) < 4.78 is 0. The molecule has 1 fully saturated rings. The van der Waals surface area contributed by atoms with Gasteiger partial charge in [-0.1, -0.05) is 41.9 Å². The van der Waals surface area contributed by atoms with Gasteiger partial charge in [0.1, 0.15) is 17.4 Å². The average Bonchev–Trinajstić information content (AvgIpc) is 2.70. The van der Waals surface area contributed by atoms with E-state index in [1.54, 1.807) is 0 Å². The highest BCUT2D eigenvalue weighted by molar-refractivity contribution is 6.33. The highest BCUT2D eigenvalue weighted by atomic mass is 35.5. The number of aromatic amines is 1. The van der Waals surface area contributed by atoms with E-state index in [-0.39, 0.29) is 22.3 Å². The highest BCUT2D eigenvalue weighted by Gasteiger charge is 2.31. The maximum Gasteiger partial charge on any atom is 0.325 e. The molecule has 1 aliphatic rings. The molecule has 3 rings (SSSR count). The number of halogens is 1. The van der Waals surface area contributed by atoms with E-state index in [4.69, 9.17) is 17.3 Å². The number of aliphatic carboxylic acids is 1. The normalized spacial score (nSPS) is 16.3. The number of nitrogens with zero attached hydrogens (tertiary/aromatic N) is 1. The van der Waals surface area contributed by atoms with Crippen LogP contribution in [0.25, 0.3) is 0 Å². The van der Waals surface area contributed by atoms with E-state index in [9.17, 15) is 19.5 Å². The monoisotopic (exact) mass is 418 g/mol. The minimum Gasteiger partial charge on any atom is -0.480 e. The Morgan fingerprint density at radius 2 is 1.93 bits per heavy atom. The quantitative estimate of drug-likeness (QED) is 0.567. The van der Waals surface area contributed by atoms with Crippen LogP contribution in [0.3, 0.4) is 0 Å². The third kappa shape index (κ3) is 4.96. The molecule has 1 amide bonds. The van der Waals surface area contributed by atoms with Crippen molar-refractivity contribution in [3.8, 4) is 0 Å². The van der Waals surface area contributed by atoms with Gasteiger partial charge in [0.15, 0.2) is 0 Å². The predicted octanol–water partition coefficient (Wildman–Crippen LogP) is 1.88. The minimum absolute atomic E-state index is 0.0204. The zero-order valence-corrected chi connectivity index (χ0v) is 16.5. The Kier molecular flexibility index (Phi) is 6.56. The van der Waals surface area contributed by atoms with Crippen molar-refractivity contribution in [3.63, 3.8) is 0 Å². The van der Waals surface area contributed by atoms with Gasteiger partial charge in [-0.3, -0.25) is 19.3 Å². The number of nitrogens with one attached hydrogen (secondary N) is 2. The summed E-state index contributed by atoms with van der Waals surface area (Å²) >= 11 is 5.87. The van der Waals surface area contributed by atoms with Crippen LogP contribution in [0.4, 0.5) is 5.82 Å². The molecule has 8 nitrogen and oxygen atoms in total. The van der Waals surface area contributed by atoms with Gasteiger partial charge in [0, 0.05) is 6.54 Å². The SMILES string of the molecule is Nc1[nH]c(=O)c(C(=O)NCC2CCN(C(C(=O)O)c3ccccc3)CC2)cc1Cl. The van der Waals surface area contributed by atoms with Crippen LogP contribution in [0.15, 0.2) is 41.2 Å². The number of hydrogen-bond acceptors (Lipinski definition) is 5. The molecule has 0 saturated carbocycles. The Labute approximate surface area is 172 Å². The van der Waals surface area contributed by atoms with Crippen LogP contribution < -0.4 is 16.6 Å². The van der Waals surface area contributed by atoms with Crippen molar-refractivity contribution in [3.05, 3.63) is 62.9 Å². The van der Waals surface area contributed by atoms with E-state index < -0.39 is 23.5 Å². The first-order valence-corrected chi connectivity index (χ1v) is 9.73. The van der Waals surface area contributed by atoms with Gasteiger partial charge >= 0.3 is 5.97 Å². The number of carbonyl (C=O) groups excluding carboxylic acids is 1. The Morgan fingerprint density at radius 1 is 1.28 bits per heavy atom. The van der Waals surface area contributed by atoms with Crippen molar-refractivity contribution < 1.29 is 14.7 Å². The van der Waals surface area contributed by atoms with Gasteiger partial charge in [-0.2, -0.15) is 0 Å². The fourth-order valence-corrected chi connectivity index (χ4v) is 3.74. The lowest BCUT2D eigenvalue weighted by atomic mass is 9.94. The first-order valence-electron chi connectivity index (χ1n) is 9.35. The second kappa shape index (κ2) is 9.11. The molecule has 0 radical (unpaired) electrons. The zero-order valence-electron chi connectivity index (χ0n) is 15.7. The number of likely N-dealkylation sites (tertiary alicyclic amines) is 1. The van der Waals surface area contributed by atoms with Crippen LogP contribution >= 0.6 is 11.6 Å². The van der Waals surface area contributed by atoms with Crippen molar-refractivity contribution in [1.82, 2.24) is 15.2 Å². The smallest absolute Gasteiger partial charge is 0.325 e. The fraction of sp³-hybridized carbons (Fsp3) is 0.350. The molecule has 1 saturated heterocycles. The summed E-state index contributed by atoms with van der Waals surface area (Å²) in [6.07, 6.45) is 1.49. The third-order valence-electron chi connectivity index (χ3n) is 5.18. The van der Waals surface area contributed by atoms with E-state index in [0.29, 0.717) is 19.6 Å². The number of carbonyl (C=O) groups is 2. The van der Waals surface area contributed by atoms with Crippen molar-refractivity contribution in [1.29, 1.82) is 0 Å². The van der Waals surface area contributed by atoms with Gasteiger partial charge in [-0.25, -0.2) is 0 Å². The molecule has 2 aromatic rings. The Morgan fingerprint density at radius 3 is 2.55 bits per heavy atom. The summed E-state index contributed by atoms with van der Waals surface area (Å²) in [6.45, 7) is 1.62. The lowest BCUT2D eigenvalue weighted by molar-refractivity contribution is -0.144. The summed E-state index contributed by atoms with van der Waals surface area (Å²) in [6, 6.07) is 9.74. The maximum absolute atomic E-state index is 12.3. The standard InChI is InChI=1S/C20H23ClN4O4/c21-15-10-14(19(27)24-17(15)22)18(26)23-11-12-6-8-25(9-7-12)16(20(28)29)13-4-2-1-3-5-13/h1-5,10,12,16H,6-9,11H2,(H,23,26)(H,28,29)(H3,22,24,27). The van der Waals surface area contributed by atoms with E-state index in [1.165, 1.54) is 6.07 Å². The number of nitrogen functional groups attached to an aromatic ring is 1. The molecule has 1 atom stereocenters. The molecule has 0 aliphatic carbocycles. The number of piperidine rings is 1. The molecular weight excluding hydrogens is 396 g/mol. The van der Waals surface area contributed by atoms with Crippen molar-refractivity contribution in [2.24, 2.45) is 5.92 Å². The van der Waals surface area contributed by atoms with Crippen LogP contribution in [0, 0.1) is 5.92 Å².